The van der Waals surface area contributed by atoms with Gasteiger partial charge in [0, 0.05) is 27.7 Å². The molecule has 0 saturated carbocycles. The molecule has 7 heteroatoms. The largest absolute Gasteiger partial charge is 0.507 e. The van der Waals surface area contributed by atoms with E-state index in [1.807, 2.05) is 48.5 Å². The van der Waals surface area contributed by atoms with Gasteiger partial charge >= 0.3 is 10.1 Å². The van der Waals surface area contributed by atoms with Crippen LogP contribution in [0.3, 0.4) is 0 Å². The number of pyridine rings is 1. The number of rotatable bonds is 5. The number of nitrogens with zero attached hydrogens (tertiary/aromatic N) is 1. The first kappa shape index (κ1) is 27.1. The van der Waals surface area contributed by atoms with Gasteiger partial charge in [0.05, 0.1) is 11.1 Å². The highest BCUT2D eigenvalue weighted by Crippen LogP contribution is 2.46. The highest BCUT2D eigenvalue weighted by molar-refractivity contribution is 7.87. The Kier molecular flexibility index (Phi) is 6.63. The summed E-state index contributed by atoms with van der Waals surface area (Å²) in [4.78, 5) is 4.73. The van der Waals surface area contributed by atoms with Crippen molar-refractivity contribution in [1.82, 2.24) is 4.98 Å². The van der Waals surface area contributed by atoms with Gasteiger partial charge in [-0.3, -0.25) is 4.98 Å². The van der Waals surface area contributed by atoms with Crippen LogP contribution in [0.2, 0.25) is 5.02 Å². The number of benzene rings is 5. The van der Waals surface area contributed by atoms with Crippen LogP contribution in [0.1, 0.15) is 26.3 Å². The van der Waals surface area contributed by atoms with Crippen LogP contribution in [0.5, 0.6) is 11.5 Å². The average Bonchev–Trinajstić information content (AvgIpc) is 2.94. The fourth-order valence-electron chi connectivity index (χ4n) is 5.38. The second-order valence-corrected chi connectivity index (χ2v) is 13.3. The third-order valence-electron chi connectivity index (χ3n) is 7.14. The van der Waals surface area contributed by atoms with Gasteiger partial charge in [-0.25, -0.2) is 0 Å². The molecule has 0 atom stereocenters. The lowest BCUT2D eigenvalue weighted by Gasteiger charge is -2.22. The molecule has 0 amide bonds. The van der Waals surface area contributed by atoms with Crippen molar-refractivity contribution in [1.29, 1.82) is 0 Å². The van der Waals surface area contributed by atoms with Gasteiger partial charge in [0.1, 0.15) is 10.6 Å². The Hall–Kier alpha value is -4.13. The molecule has 0 aliphatic carbocycles. The number of fused-ring (bicyclic) bond motifs is 4. The Balaban J connectivity index is 1.70. The summed E-state index contributed by atoms with van der Waals surface area (Å²) < 4.78 is 32.7. The molecule has 0 aliphatic rings. The van der Waals surface area contributed by atoms with Gasteiger partial charge in [-0.2, -0.15) is 8.42 Å². The minimum absolute atomic E-state index is 0.0267. The monoisotopic (exact) mass is 581 g/mol. The van der Waals surface area contributed by atoms with E-state index in [1.54, 1.807) is 36.5 Å². The van der Waals surface area contributed by atoms with Crippen LogP contribution in [0.25, 0.3) is 43.6 Å². The van der Waals surface area contributed by atoms with Crippen molar-refractivity contribution in [3.05, 3.63) is 108 Å². The molecule has 6 rings (SSSR count). The molecule has 0 bridgehead atoms. The molecule has 6 aromatic rings. The lowest BCUT2D eigenvalue weighted by molar-refractivity contribution is 0.397. The van der Waals surface area contributed by atoms with Crippen LogP contribution < -0.4 is 4.18 Å². The van der Waals surface area contributed by atoms with Crippen molar-refractivity contribution < 1.29 is 17.7 Å². The van der Waals surface area contributed by atoms with Crippen molar-refractivity contribution >= 4 is 54.0 Å². The molecule has 0 fully saturated rings. The Bertz CT molecular complexity index is 2070. The molecule has 0 unspecified atom stereocenters. The lowest BCUT2D eigenvalue weighted by atomic mass is 9.84. The zero-order chi connectivity index (χ0) is 28.9. The number of aromatic nitrogens is 1. The first-order chi connectivity index (χ1) is 19.5. The summed E-state index contributed by atoms with van der Waals surface area (Å²) >= 11 is 6.59. The van der Waals surface area contributed by atoms with Gasteiger partial charge in [0.2, 0.25) is 0 Å². The average molecular weight is 582 g/mol. The number of phenols is 1. The van der Waals surface area contributed by atoms with Crippen LogP contribution in [-0.4, -0.2) is 18.5 Å². The molecule has 1 N–H and O–H groups in total. The standard InChI is InChI=1S/C34H28ClNO4S/c1-34(2,3)20-28-23-13-8-7-10-21(23)18-27(33(28)37)32-31-25(16-17-36-32)24-14-9-15-29(35)26(24)19-30(31)40-41(38,39)22-11-5-4-6-12-22/h4-19,37H,20H2,1-3H3. The molecule has 0 spiro atoms. The molecule has 5 nitrogen and oxygen atoms in total. The Morgan fingerprint density at radius 3 is 2.29 bits per heavy atom. The quantitative estimate of drug-likeness (QED) is 0.162. The molecule has 1 heterocycles. The highest BCUT2D eigenvalue weighted by atomic mass is 35.5. The predicted octanol–water partition coefficient (Wildman–Crippen LogP) is 8.92. The zero-order valence-corrected chi connectivity index (χ0v) is 24.4. The highest BCUT2D eigenvalue weighted by Gasteiger charge is 2.25. The zero-order valence-electron chi connectivity index (χ0n) is 22.9. The fraction of sp³-hybridized carbons (Fsp3) is 0.147. The van der Waals surface area contributed by atoms with Gasteiger partial charge < -0.3 is 9.29 Å². The molecule has 1 aromatic heterocycles. The molecule has 0 saturated heterocycles. The van der Waals surface area contributed by atoms with Gasteiger partial charge in [0.25, 0.3) is 0 Å². The Labute approximate surface area is 244 Å². The van der Waals surface area contributed by atoms with Gasteiger partial charge in [-0.1, -0.05) is 87.0 Å². The second kappa shape index (κ2) is 10.1. The van der Waals surface area contributed by atoms with E-state index in [9.17, 15) is 13.5 Å². The van der Waals surface area contributed by atoms with E-state index in [0.717, 1.165) is 21.7 Å². The maximum absolute atomic E-state index is 13.4. The van der Waals surface area contributed by atoms with Crippen LogP contribution in [0.15, 0.2) is 102 Å². The Morgan fingerprint density at radius 1 is 0.829 bits per heavy atom. The number of halogens is 1. The van der Waals surface area contributed by atoms with E-state index in [4.69, 9.17) is 20.8 Å². The second-order valence-electron chi connectivity index (χ2n) is 11.4. The van der Waals surface area contributed by atoms with E-state index in [2.05, 4.69) is 20.8 Å². The van der Waals surface area contributed by atoms with E-state index in [-0.39, 0.29) is 21.8 Å². The van der Waals surface area contributed by atoms with E-state index < -0.39 is 10.1 Å². The summed E-state index contributed by atoms with van der Waals surface area (Å²) in [5.74, 6) is 0.194. The topological polar surface area (TPSA) is 76.5 Å². The maximum Gasteiger partial charge on any atom is 0.339 e. The van der Waals surface area contributed by atoms with Crippen molar-refractivity contribution in [3.8, 4) is 22.8 Å². The third kappa shape index (κ3) is 4.98. The summed E-state index contributed by atoms with van der Waals surface area (Å²) in [5, 5.41) is 16.8. The van der Waals surface area contributed by atoms with Crippen molar-refractivity contribution in [2.75, 3.05) is 0 Å². The Morgan fingerprint density at radius 2 is 1.54 bits per heavy atom. The molecule has 41 heavy (non-hydrogen) atoms. The van der Waals surface area contributed by atoms with Crippen molar-refractivity contribution in [2.45, 2.75) is 32.1 Å². The van der Waals surface area contributed by atoms with E-state index >= 15 is 0 Å². The minimum atomic E-state index is -4.20. The fourth-order valence-corrected chi connectivity index (χ4v) is 6.57. The molecular weight excluding hydrogens is 554 g/mol. The predicted molar refractivity (Wildman–Crippen MR) is 166 cm³/mol. The first-order valence-corrected chi connectivity index (χ1v) is 15.1. The smallest absolute Gasteiger partial charge is 0.339 e. The van der Waals surface area contributed by atoms with Crippen LogP contribution in [0, 0.1) is 5.41 Å². The lowest BCUT2D eigenvalue weighted by Crippen LogP contribution is -2.11. The van der Waals surface area contributed by atoms with Crippen LogP contribution >= 0.6 is 11.6 Å². The summed E-state index contributed by atoms with van der Waals surface area (Å²) in [6.07, 6.45) is 2.29. The summed E-state index contributed by atoms with van der Waals surface area (Å²) in [7, 11) is -4.20. The van der Waals surface area contributed by atoms with E-state index in [0.29, 0.717) is 38.9 Å². The van der Waals surface area contributed by atoms with Crippen molar-refractivity contribution in [2.24, 2.45) is 5.41 Å². The molecule has 0 radical (unpaired) electrons. The molecule has 206 valence electrons. The van der Waals surface area contributed by atoms with E-state index in [1.165, 1.54) is 12.1 Å². The van der Waals surface area contributed by atoms with Gasteiger partial charge in [0.15, 0.2) is 5.75 Å². The minimum Gasteiger partial charge on any atom is -0.507 e. The maximum atomic E-state index is 13.4. The van der Waals surface area contributed by atoms with Gasteiger partial charge in [-0.15, -0.1) is 0 Å². The first-order valence-electron chi connectivity index (χ1n) is 13.3. The van der Waals surface area contributed by atoms with Gasteiger partial charge in [-0.05, 0) is 69.8 Å². The van der Waals surface area contributed by atoms with Crippen LogP contribution in [-0.2, 0) is 16.5 Å². The van der Waals surface area contributed by atoms with Crippen molar-refractivity contribution in [3.63, 3.8) is 0 Å². The number of hydrogen-bond donors (Lipinski definition) is 1. The summed E-state index contributed by atoms with van der Waals surface area (Å²) in [5.41, 5.74) is 1.63. The molecule has 5 aromatic carbocycles. The third-order valence-corrected chi connectivity index (χ3v) is 8.71. The normalized spacial score (nSPS) is 12.3. The van der Waals surface area contributed by atoms with Crippen LogP contribution in [0.4, 0.5) is 0 Å². The number of hydrogen-bond acceptors (Lipinski definition) is 5. The summed E-state index contributed by atoms with van der Waals surface area (Å²) in [6.45, 7) is 6.38. The molecule has 0 aliphatic heterocycles. The number of aromatic hydroxyl groups is 1. The SMILES string of the molecule is CC(C)(C)Cc1c(O)c(-c2nccc3c2c(OS(=O)(=O)c2ccccc2)cc2c(Cl)cccc23)cc2ccccc12. The molecular formula is C34H28ClNO4S. The summed E-state index contributed by atoms with van der Waals surface area (Å²) in [6, 6.07) is 26.8. The number of phenolic OH excluding ortho intramolecular Hbond substituents is 1.